The number of phenolic OH excluding ortho intramolecular Hbond substituents is 2. The molecule has 2 amide bonds. The number of halogens is 2. The summed E-state index contributed by atoms with van der Waals surface area (Å²) in [5.41, 5.74) is 3.94. The van der Waals surface area contributed by atoms with Gasteiger partial charge in [-0.2, -0.15) is 8.62 Å². The summed E-state index contributed by atoms with van der Waals surface area (Å²) in [6, 6.07) is 6.53. The van der Waals surface area contributed by atoms with Gasteiger partial charge in [0, 0.05) is 24.2 Å². The first-order chi connectivity index (χ1) is 32.9. The third kappa shape index (κ3) is 9.28. The fourth-order valence-electron chi connectivity index (χ4n) is 7.65. The van der Waals surface area contributed by atoms with Crippen LogP contribution < -0.4 is 30.6 Å². The van der Waals surface area contributed by atoms with Crippen molar-refractivity contribution >= 4 is 81.6 Å². The van der Waals surface area contributed by atoms with Crippen molar-refractivity contribution in [3.05, 3.63) is 80.8 Å². The summed E-state index contributed by atoms with van der Waals surface area (Å²) in [6.45, 7) is -1.82. The number of nitrogen functional groups attached to an aromatic ring is 1. The number of nitrogens with one attached hydrogen (secondary N) is 2. The van der Waals surface area contributed by atoms with E-state index in [4.69, 9.17) is 71.7 Å². The molecule has 0 bridgehead atoms. The number of aliphatic hydroxyl groups is 1. The molecule has 3 aliphatic heterocycles. The van der Waals surface area contributed by atoms with Crippen LogP contribution in [0.3, 0.4) is 0 Å². The second-order valence-electron chi connectivity index (χ2n) is 14.7. The minimum absolute atomic E-state index is 0.0129. The number of phenols is 2. The zero-order valence-electron chi connectivity index (χ0n) is 35.2. The van der Waals surface area contributed by atoms with Crippen molar-refractivity contribution in [1.29, 1.82) is 0 Å². The van der Waals surface area contributed by atoms with Crippen LogP contribution >= 0.6 is 46.7 Å². The number of anilines is 1. The van der Waals surface area contributed by atoms with Crippen molar-refractivity contribution in [2.24, 2.45) is 0 Å². The number of ether oxygens (including phenoxy) is 6. The fourth-order valence-corrected chi connectivity index (χ4v) is 11.1. The zero-order valence-corrected chi connectivity index (χ0v) is 39.4. The van der Waals surface area contributed by atoms with E-state index in [9.17, 15) is 53.2 Å². The molecule has 2 aromatic heterocycles. The lowest BCUT2D eigenvalue weighted by atomic mass is 9.77. The number of nitrogens with two attached hydrogens (primary N) is 1. The molecule has 374 valence electrons. The van der Waals surface area contributed by atoms with Crippen LogP contribution in [0.2, 0.25) is 10.0 Å². The van der Waals surface area contributed by atoms with Crippen LogP contribution in [-0.4, -0.2) is 125 Å². The molecule has 29 nitrogen and oxygen atoms in total. The number of imidazole rings is 1. The highest BCUT2D eigenvalue weighted by molar-refractivity contribution is 7.66. The lowest BCUT2D eigenvalue weighted by molar-refractivity contribution is -0.0508. The molecule has 1 saturated heterocycles. The highest BCUT2D eigenvalue weighted by Crippen LogP contribution is 2.67. The number of phosphoric ester groups is 1. The van der Waals surface area contributed by atoms with Crippen LogP contribution in [0.1, 0.15) is 43.6 Å². The maximum atomic E-state index is 13.7. The van der Waals surface area contributed by atoms with Crippen LogP contribution in [0.25, 0.3) is 11.2 Å². The molecule has 3 aliphatic rings. The Hall–Kier alpha value is -5.87. The van der Waals surface area contributed by atoms with Crippen molar-refractivity contribution in [3.63, 3.8) is 0 Å². The lowest BCUT2D eigenvalue weighted by Crippen LogP contribution is -2.42. The molecule has 11 N–H and O–H groups in total. The van der Waals surface area contributed by atoms with Gasteiger partial charge in [0.05, 0.1) is 43.8 Å². The van der Waals surface area contributed by atoms with E-state index in [-0.39, 0.29) is 90.9 Å². The van der Waals surface area contributed by atoms with Gasteiger partial charge in [0.1, 0.15) is 34.1 Å². The first kappa shape index (κ1) is 50.5. The molecule has 0 saturated carbocycles. The first-order valence-electron chi connectivity index (χ1n) is 19.4. The van der Waals surface area contributed by atoms with Crippen LogP contribution in [0, 0.1) is 0 Å². The normalized spacial score (nSPS) is 20.6. The number of hydrogen-bond acceptors (Lipinski definition) is 22. The maximum absolute atomic E-state index is 13.7. The molecule has 3 aromatic carbocycles. The lowest BCUT2D eigenvalue weighted by Gasteiger charge is -2.37. The Balaban J connectivity index is 0.993. The average molecular weight is 1080 g/mol. The topological polar surface area (TPSA) is 421 Å². The highest BCUT2D eigenvalue weighted by atomic mass is 35.5. The van der Waals surface area contributed by atoms with Crippen molar-refractivity contribution in [1.82, 2.24) is 30.2 Å². The minimum atomic E-state index is -5.93. The second kappa shape index (κ2) is 18.7. The standard InChI is InChI=1S/C36H34Cl2N7O22P3/c1-59-18-8-16-27(21(37)24(18)46)63-28-17(9-19(60-2)25(47)22(28)38)36(16)15-7-13(3-4-14(15)34(50)65-36)32(49)40-5-6-41-35(51)64-29-20(10-61-69(55,56)67-70(57,58)66-68(52,53)54)62-33(26(29)48)45-12-44-23-30(39)42-11-43-31(23)45/h3-4,7-9,11-12,20,26,29,33,46-48H,5-6,10H2,1-2H3,(H,40,49)(H,41,51)(H,55,56)(H,57,58)(H2,39,42,43)(H2,52,53,54)/t20-,26-,29+,33+/m1/s1. The number of carbonyl (C=O) groups is 3. The molecular weight excluding hydrogens is 1050 g/mol. The summed E-state index contributed by atoms with van der Waals surface area (Å²) in [5, 5.41) is 37.1. The van der Waals surface area contributed by atoms with Crippen molar-refractivity contribution < 1.29 is 105 Å². The van der Waals surface area contributed by atoms with Crippen LogP contribution in [0.4, 0.5) is 10.6 Å². The predicted octanol–water partition coefficient (Wildman–Crippen LogP) is 2.84. The number of alkyl carbamates (subject to hydrolysis) is 1. The Labute approximate surface area is 400 Å². The summed E-state index contributed by atoms with van der Waals surface area (Å²) >= 11 is 13.1. The number of benzene rings is 3. The van der Waals surface area contributed by atoms with E-state index < -0.39 is 89.7 Å². The van der Waals surface area contributed by atoms with E-state index in [2.05, 4.69) is 34.2 Å². The second-order valence-corrected chi connectivity index (χ2v) is 19.9. The van der Waals surface area contributed by atoms with Gasteiger partial charge >= 0.3 is 35.5 Å². The predicted molar refractivity (Wildman–Crippen MR) is 231 cm³/mol. The molecule has 34 heteroatoms. The van der Waals surface area contributed by atoms with Gasteiger partial charge in [0.25, 0.3) is 5.91 Å². The Morgan fingerprint density at radius 3 is 2.13 bits per heavy atom. The third-order valence-corrected chi connectivity index (χ3v) is 15.1. The van der Waals surface area contributed by atoms with Gasteiger partial charge in [0.15, 0.2) is 63.9 Å². The summed E-state index contributed by atoms with van der Waals surface area (Å²) < 4.78 is 82.7. The monoisotopic (exact) mass is 1080 g/mol. The number of nitrogens with zero attached hydrogens (tertiary/aromatic N) is 4. The molecule has 6 atom stereocenters. The van der Waals surface area contributed by atoms with E-state index in [0.29, 0.717) is 0 Å². The van der Waals surface area contributed by atoms with Gasteiger partial charge in [-0.1, -0.05) is 23.2 Å². The number of hydrogen-bond donors (Lipinski definition) is 10. The Morgan fingerprint density at radius 1 is 0.886 bits per heavy atom. The number of carbonyl (C=O) groups excluding carboxylic acids is 3. The van der Waals surface area contributed by atoms with E-state index in [1.165, 1.54) is 44.6 Å². The van der Waals surface area contributed by atoms with Gasteiger partial charge in [0.2, 0.25) is 0 Å². The van der Waals surface area contributed by atoms with E-state index in [0.717, 1.165) is 17.2 Å². The Bertz CT molecular complexity index is 3070. The number of aliphatic hydroxyl groups excluding tert-OH is 1. The Kier molecular flexibility index (Phi) is 13.5. The van der Waals surface area contributed by atoms with Crippen LogP contribution in [0.5, 0.6) is 34.5 Å². The smallest absolute Gasteiger partial charge is 0.490 e. The highest BCUT2D eigenvalue weighted by Gasteiger charge is 2.56. The van der Waals surface area contributed by atoms with Crippen molar-refractivity contribution in [3.8, 4) is 34.5 Å². The number of phosphoric acid groups is 3. The molecule has 5 heterocycles. The molecule has 8 rings (SSSR count). The quantitative estimate of drug-likeness (QED) is 0.0409. The molecule has 2 unspecified atom stereocenters. The largest absolute Gasteiger partial charge is 0.503 e. The molecule has 0 radical (unpaired) electrons. The number of esters is 1. The first-order valence-corrected chi connectivity index (χ1v) is 24.7. The summed E-state index contributed by atoms with van der Waals surface area (Å²) in [6.07, 6.45) is -5.99. The average Bonchev–Trinajstić information content (AvgIpc) is 3.94. The zero-order chi connectivity index (χ0) is 50.8. The number of aromatic nitrogens is 4. The number of rotatable bonds is 15. The van der Waals surface area contributed by atoms with E-state index in [1.807, 2.05) is 0 Å². The fraction of sp³-hybridized carbons (Fsp3) is 0.278. The molecular formula is C36H34Cl2N7O22P3. The number of amides is 2. The summed E-state index contributed by atoms with van der Waals surface area (Å²) in [5.74, 6) is -3.56. The van der Waals surface area contributed by atoms with Gasteiger partial charge < -0.3 is 79.7 Å². The molecule has 5 aromatic rings. The maximum Gasteiger partial charge on any atom is 0.490 e. The van der Waals surface area contributed by atoms with E-state index in [1.54, 1.807) is 0 Å². The van der Waals surface area contributed by atoms with Gasteiger partial charge in [-0.25, -0.2) is 38.2 Å². The molecule has 70 heavy (non-hydrogen) atoms. The Morgan fingerprint density at radius 2 is 1.51 bits per heavy atom. The van der Waals surface area contributed by atoms with Crippen LogP contribution in [0.15, 0.2) is 43.0 Å². The SMILES string of the molecule is COc1cc2c(c(Cl)c1O)Oc1c(cc(OC)c(O)c1Cl)C21OC(=O)c2ccc(C(=O)NCCNC(=O)O[C@@H]3[C@@H](O)[C@@H](n4cnc5c(N)ncnc54)O[C@@H]3COP(=O)(O)OP(=O)(O)OP(=O)(O)O)cc21. The van der Waals surface area contributed by atoms with Gasteiger partial charge in [-0.3, -0.25) is 13.9 Å². The molecule has 0 aliphatic carbocycles. The minimum Gasteiger partial charge on any atom is -0.503 e. The summed E-state index contributed by atoms with van der Waals surface area (Å²) in [7, 11) is -14.9. The van der Waals surface area contributed by atoms with Gasteiger partial charge in [-0.15, -0.1) is 0 Å². The third-order valence-electron chi connectivity index (χ3n) is 10.6. The van der Waals surface area contributed by atoms with Crippen molar-refractivity contribution in [2.45, 2.75) is 30.1 Å². The molecule has 1 fully saturated rings. The van der Waals surface area contributed by atoms with E-state index >= 15 is 0 Å². The number of methoxy groups -OCH3 is 2. The molecule has 1 spiro atoms. The summed E-state index contributed by atoms with van der Waals surface area (Å²) in [4.78, 5) is 89.7. The number of fused-ring (bicyclic) bond motifs is 7. The number of aromatic hydroxyl groups is 2. The van der Waals surface area contributed by atoms with Gasteiger partial charge in [-0.05, 0) is 30.3 Å². The van der Waals surface area contributed by atoms with Crippen molar-refractivity contribution in [2.75, 3.05) is 39.6 Å². The van der Waals surface area contributed by atoms with Crippen LogP contribution in [-0.2, 0) is 46.7 Å².